The van der Waals surface area contributed by atoms with Crippen molar-refractivity contribution in [3.63, 3.8) is 0 Å². The number of hydrogen-bond acceptors (Lipinski definition) is 7. The van der Waals surface area contributed by atoms with E-state index in [4.69, 9.17) is 4.74 Å². The summed E-state index contributed by atoms with van der Waals surface area (Å²) in [4.78, 5) is 35.0. The molecule has 44 heavy (non-hydrogen) atoms. The van der Waals surface area contributed by atoms with Crippen molar-refractivity contribution in [2.45, 2.75) is 38.7 Å². The highest BCUT2D eigenvalue weighted by Gasteiger charge is 2.35. The third kappa shape index (κ3) is 6.87. The highest BCUT2D eigenvalue weighted by molar-refractivity contribution is 7.20. The maximum absolute atomic E-state index is 13.8. The van der Waals surface area contributed by atoms with Crippen molar-refractivity contribution in [3.8, 4) is 5.75 Å². The molecule has 0 unspecified atom stereocenters. The largest absolute Gasteiger partial charge is 0.486 e. The molecule has 12 heteroatoms. The van der Waals surface area contributed by atoms with Crippen LogP contribution in [0.4, 0.5) is 18.9 Å². The maximum Gasteiger partial charge on any atom is 0.416 e. The number of ether oxygens (including phenoxy) is 1. The van der Waals surface area contributed by atoms with E-state index in [0.29, 0.717) is 36.4 Å². The zero-order valence-electron chi connectivity index (χ0n) is 24.5. The quantitative estimate of drug-likeness (QED) is 0.252. The Balaban J connectivity index is 1.43. The minimum atomic E-state index is -4.41. The van der Waals surface area contributed by atoms with Crippen LogP contribution >= 0.6 is 11.3 Å². The molecule has 1 aromatic heterocycles. The zero-order chi connectivity index (χ0) is 31.6. The lowest BCUT2D eigenvalue weighted by atomic mass is 9.98. The number of anilines is 1. The third-order valence-electron chi connectivity index (χ3n) is 7.65. The first-order valence-corrected chi connectivity index (χ1v) is 15.0. The molecule has 1 aliphatic rings. The molecule has 2 amide bonds. The Morgan fingerprint density at radius 3 is 2.57 bits per heavy atom. The number of carbonyl (C=O) groups excluding carboxylic acids is 2. The molecule has 1 aliphatic heterocycles. The van der Waals surface area contributed by atoms with Gasteiger partial charge in [0.25, 0.3) is 11.8 Å². The highest BCUT2D eigenvalue weighted by atomic mass is 32.1. The summed E-state index contributed by atoms with van der Waals surface area (Å²) in [6.45, 7) is 4.51. The molecular formula is C32H33F3N4O4S. The summed E-state index contributed by atoms with van der Waals surface area (Å²) in [5.74, 6) is -0.769. The Hall–Kier alpha value is -4.00. The summed E-state index contributed by atoms with van der Waals surface area (Å²) in [7, 11) is 1.84. The number of amides is 2. The van der Waals surface area contributed by atoms with Crippen LogP contribution in [-0.2, 0) is 12.7 Å². The normalized spacial score (nSPS) is 18.0. The first-order chi connectivity index (χ1) is 20.9. The average molecular weight is 627 g/mol. The number of nitrogens with zero attached hydrogens (tertiary/aromatic N) is 3. The lowest BCUT2D eigenvalue weighted by Crippen LogP contribution is -2.49. The first kappa shape index (κ1) is 31.4. The van der Waals surface area contributed by atoms with Crippen LogP contribution in [0.1, 0.15) is 45.1 Å². The number of aliphatic hydroxyl groups excluding tert-OH is 1. The summed E-state index contributed by atoms with van der Waals surface area (Å²) in [5, 5.41) is 13.1. The predicted molar refractivity (Wildman–Crippen MR) is 163 cm³/mol. The van der Waals surface area contributed by atoms with Gasteiger partial charge in [0, 0.05) is 25.6 Å². The molecule has 0 saturated heterocycles. The van der Waals surface area contributed by atoms with Gasteiger partial charge in [0.2, 0.25) is 0 Å². The molecule has 232 valence electrons. The molecule has 5 rings (SSSR count). The number of nitrogens with one attached hydrogen (secondary N) is 1. The van der Waals surface area contributed by atoms with Crippen LogP contribution in [-0.4, -0.2) is 70.6 Å². The van der Waals surface area contributed by atoms with Crippen LogP contribution in [0.25, 0.3) is 10.2 Å². The molecule has 0 aliphatic carbocycles. The van der Waals surface area contributed by atoms with E-state index in [1.54, 1.807) is 30.0 Å². The number of carbonyl (C=O) groups is 2. The standard InChI is InChI=1S/C32H33F3N4O4S/c1-19-15-39(20(2)18-40)31(42)23-7-6-9-25(36-29(41)30-37-24-8-4-5-10-27(24)44-30)28(23)43-26(19)17-38(3)16-21-11-13-22(14-12-21)32(33,34)35/h4-14,19-20,26,40H,15-18H2,1-3H3,(H,36,41)/t19-,20+,26-/m0/s1. The molecular weight excluding hydrogens is 593 g/mol. The van der Waals surface area contributed by atoms with Crippen LogP contribution in [0.3, 0.4) is 0 Å². The number of fused-ring (bicyclic) bond motifs is 2. The van der Waals surface area contributed by atoms with Crippen LogP contribution in [0.15, 0.2) is 66.7 Å². The number of aromatic nitrogens is 1. The average Bonchev–Trinajstić information content (AvgIpc) is 3.43. The van der Waals surface area contributed by atoms with Gasteiger partial charge in [-0.15, -0.1) is 11.3 Å². The van der Waals surface area contributed by atoms with Gasteiger partial charge >= 0.3 is 6.18 Å². The Morgan fingerprint density at radius 1 is 1.16 bits per heavy atom. The summed E-state index contributed by atoms with van der Waals surface area (Å²) >= 11 is 1.25. The monoisotopic (exact) mass is 626 g/mol. The van der Waals surface area contributed by atoms with Crippen molar-refractivity contribution in [1.82, 2.24) is 14.8 Å². The van der Waals surface area contributed by atoms with Crippen molar-refractivity contribution < 1.29 is 32.6 Å². The van der Waals surface area contributed by atoms with Gasteiger partial charge in [-0.3, -0.25) is 14.5 Å². The Morgan fingerprint density at radius 2 is 1.89 bits per heavy atom. The van der Waals surface area contributed by atoms with Crippen molar-refractivity contribution in [2.24, 2.45) is 5.92 Å². The van der Waals surface area contributed by atoms with Crippen molar-refractivity contribution in [1.29, 1.82) is 0 Å². The molecule has 0 fully saturated rings. The van der Waals surface area contributed by atoms with Gasteiger partial charge in [-0.25, -0.2) is 4.98 Å². The van der Waals surface area contributed by atoms with E-state index in [0.717, 1.165) is 16.8 Å². The molecule has 0 saturated carbocycles. The van der Waals surface area contributed by atoms with E-state index < -0.39 is 29.8 Å². The van der Waals surface area contributed by atoms with Crippen molar-refractivity contribution >= 4 is 39.1 Å². The van der Waals surface area contributed by atoms with Gasteiger partial charge in [-0.2, -0.15) is 13.2 Å². The number of alkyl halides is 3. The fraction of sp³-hybridized carbons (Fsp3) is 0.344. The minimum absolute atomic E-state index is 0.204. The van der Waals surface area contributed by atoms with Gasteiger partial charge < -0.3 is 20.1 Å². The highest BCUT2D eigenvalue weighted by Crippen LogP contribution is 2.36. The first-order valence-electron chi connectivity index (χ1n) is 14.2. The zero-order valence-corrected chi connectivity index (χ0v) is 25.3. The molecule has 3 aromatic carbocycles. The van der Waals surface area contributed by atoms with Crippen molar-refractivity contribution in [3.05, 3.63) is 88.4 Å². The Labute approximate surface area is 257 Å². The van der Waals surface area contributed by atoms with E-state index >= 15 is 0 Å². The lowest BCUT2D eigenvalue weighted by Gasteiger charge is -2.38. The second-order valence-corrected chi connectivity index (χ2v) is 12.2. The summed E-state index contributed by atoms with van der Waals surface area (Å²) in [6.07, 6.45) is -4.88. The van der Waals surface area contributed by atoms with Crippen LogP contribution in [0.5, 0.6) is 5.75 Å². The number of aliphatic hydroxyl groups is 1. The van der Waals surface area contributed by atoms with Gasteiger partial charge in [0.15, 0.2) is 10.8 Å². The second kappa shape index (κ2) is 12.9. The van der Waals surface area contributed by atoms with E-state index in [-0.39, 0.29) is 34.8 Å². The molecule has 3 atom stereocenters. The van der Waals surface area contributed by atoms with Gasteiger partial charge in [-0.1, -0.05) is 37.3 Å². The Kier molecular flexibility index (Phi) is 9.23. The number of rotatable bonds is 8. The summed E-state index contributed by atoms with van der Waals surface area (Å²) < 4.78 is 46.5. The fourth-order valence-electron chi connectivity index (χ4n) is 5.19. The number of thiazole rings is 1. The molecule has 0 bridgehead atoms. The topological polar surface area (TPSA) is 95.0 Å². The molecule has 2 heterocycles. The van der Waals surface area contributed by atoms with Gasteiger partial charge in [0.05, 0.1) is 39.7 Å². The molecule has 4 aromatic rings. The fourth-order valence-corrected chi connectivity index (χ4v) is 6.05. The Bertz CT molecular complexity index is 1610. The molecule has 0 radical (unpaired) electrons. The molecule has 0 spiro atoms. The molecule has 8 nitrogen and oxygen atoms in total. The second-order valence-electron chi connectivity index (χ2n) is 11.1. The van der Waals surface area contributed by atoms with Crippen LogP contribution < -0.4 is 10.1 Å². The predicted octanol–water partition coefficient (Wildman–Crippen LogP) is 5.92. The lowest BCUT2D eigenvalue weighted by molar-refractivity contribution is -0.137. The SMILES string of the molecule is C[C@H](CO)N1C[C@H](C)[C@H](CN(C)Cc2ccc(C(F)(F)F)cc2)Oc2c(NC(=O)c3nc4ccccc4s3)cccc2C1=O. The molecule has 2 N–H and O–H groups in total. The third-order valence-corrected chi connectivity index (χ3v) is 8.69. The van der Waals surface area contributed by atoms with Gasteiger partial charge in [0.1, 0.15) is 6.10 Å². The van der Waals surface area contributed by atoms with E-state index in [1.807, 2.05) is 43.1 Å². The maximum atomic E-state index is 13.8. The number of hydrogen-bond donors (Lipinski definition) is 2. The van der Waals surface area contributed by atoms with E-state index in [9.17, 15) is 27.9 Å². The smallest absolute Gasteiger partial charge is 0.416 e. The number of benzene rings is 3. The van der Waals surface area contributed by atoms with Crippen LogP contribution in [0, 0.1) is 5.92 Å². The van der Waals surface area contributed by atoms with Crippen LogP contribution in [0.2, 0.25) is 0 Å². The number of likely N-dealkylation sites (N-methyl/N-ethyl adjacent to an activating group) is 1. The van der Waals surface area contributed by atoms with E-state index in [2.05, 4.69) is 10.3 Å². The summed E-state index contributed by atoms with van der Waals surface area (Å²) in [6, 6.07) is 16.9. The number of para-hydroxylation sites is 2. The summed E-state index contributed by atoms with van der Waals surface area (Å²) in [5.41, 5.74) is 1.25. The number of halogens is 3. The van der Waals surface area contributed by atoms with Gasteiger partial charge in [-0.05, 0) is 55.9 Å². The van der Waals surface area contributed by atoms with Crippen molar-refractivity contribution in [2.75, 3.05) is 32.1 Å². The van der Waals surface area contributed by atoms with E-state index in [1.165, 1.54) is 23.5 Å². The minimum Gasteiger partial charge on any atom is -0.486 e.